The second-order valence-electron chi connectivity index (χ2n) is 5.62. The summed E-state index contributed by atoms with van der Waals surface area (Å²) in [6.07, 6.45) is 2.02. The molecule has 0 saturated heterocycles. The largest absolute Gasteiger partial charge is 0.330 e. The second-order valence-corrected chi connectivity index (χ2v) is 5.62. The number of benzene rings is 1. The SMILES string of the molecule is CN(C)C(=O)n1c([C@@H]2CCC(=O)C2)cc2ccccc21. The van der Waals surface area contributed by atoms with Crippen molar-refractivity contribution < 1.29 is 9.59 Å². The number of carbonyl (C=O) groups is 2. The maximum atomic E-state index is 12.5. The van der Waals surface area contributed by atoms with E-state index >= 15 is 0 Å². The number of Topliss-reactive ketones (excluding diaryl/α,β-unsaturated/α-hetero) is 1. The third-order valence-corrected chi connectivity index (χ3v) is 3.98. The van der Waals surface area contributed by atoms with E-state index in [4.69, 9.17) is 0 Å². The number of ketones is 1. The number of nitrogens with zero attached hydrogens (tertiary/aromatic N) is 2. The molecule has 2 aromatic rings. The lowest BCUT2D eigenvalue weighted by Gasteiger charge is -2.17. The van der Waals surface area contributed by atoms with Crippen molar-refractivity contribution >= 4 is 22.7 Å². The number of amides is 1. The van der Waals surface area contributed by atoms with Gasteiger partial charge in [-0.05, 0) is 18.6 Å². The Balaban J connectivity index is 2.17. The highest BCUT2D eigenvalue weighted by Crippen LogP contribution is 2.35. The zero-order chi connectivity index (χ0) is 14.3. The monoisotopic (exact) mass is 270 g/mol. The Labute approximate surface area is 118 Å². The van der Waals surface area contributed by atoms with E-state index in [0.717, 1.165) is 23.0 Å². The molecule has 0 unspecified atom stereocenters. The van der Waals surface area contributed by atoms with Crippen LogP contribution in [0.4, 0.5) is 4.79 Å². The quantitative estimate of drug-likeness (QED) is 0.799. The summed E-state index contributed by atoms with van der Waals surface area (Å²) in [6.45, 7) is 0. The van der Waals surface area contributed by atoms with Crippen molar-refractivity contribution in [3.8, 4) is 0 Å². The van der Waals surface area contributed by atoms with Crippen LogP contribution in [-0.4, -0.2) is 35.4 Å². The van der Waals surface area contributed by atoms with Crippen molar-refractivity contribution in [2.45, 2.75) is 25.2 Å². The molecule has 104 valence electrons. The Morgan fingerprint density at radius 3 is 2.70 bits per heavy atom. The lowest BCUT2D eigenvalue weighted by Crippen LogP contribution is -2.28. The van der Waals surface area contributed by atoms with Gasteiger partial charge in [0.2, 0.25) is 0 Å². The highest BCUT2D eigenvalue weighted by atomic mass is 16.2. The lowest BCUT2D eigenvalue weighted by atomic mass is 10.0. The van der Waals surface area contributed by atoms with Crippen molar-refractivity contribution in [3.63, 3.8) is 0 Å². The topological polar surface area (TPSA) is 42.3 Å². The van der Waals surface area contributed by atoms with E-state index in [2.05, 4.69) is 6.07 Å². The third kappa shape index (κ3) is 2.01. The number of hydrogen-bond donors (Lipinski definition) is 0. The van der Waals surface area contributed by atoms with Crippen molar-refractivity contribution in [2.75, 3.05) is 14.1 Å². The van der Waals surface area contributed by atoms with Gasteiger partial charge in [0.05, 0.1) is 5.52 Å². The average Bonchev–Trinajstić information content (AvgIpc) is 3.00. The molecule has 4 heteroatoms. The smallest absolute Gasteiger partial charge is 0.328 e. The van der Waals surface area contributed by atoms with Crippen LogP contribution >= 0.6 is 0 Å². The first-order valence-electron chi connectivity index (χ1n) is 6.91. The molecule has 0 radical (unpaired) electrons. The molecule has 1 saturated carbocycles. The van der Waals surface area contributed by atoms with Crippen molar-refractivity contribution in [2.24, 2.45) is 0 Å². The molecule has 1 atom stereocenters. The van der Waals surface area contributed by atoms with Crippen LogP contribution in [0.3, 0.4) is 0 Å². The zero-order valence-corrected chi connectivity index (χ0v) is 11.8. The molecule has 1 fully saturated rings. The van der Waals surface area contributed by atoms with Crippen molar-refractivity contribution in [1.82, 2.24) is 9.47 Å². The van der Waals surface area contributed by atoms with Crippen molar-refractivity contribution in [3.05, 3.63) is 36.0 Å². The molecule has 0 aliphatic heterocycles. The van der Waals surface area contributed by atoms with Gasteiger partial charge in [-0.25, -0.2) is 4.79 Å². The fraction of sp³-hybridized carbons (Fsp3) is 0.375. The molecule has 0 N–H and O–H groups in total. The minimum atomic E-state index is -0.0550. The maximum absolute atomic E-state index is 12.5. The summed E-state index contributed by atoms with van der Waals surface area (Å²) in [5, 5.41) is 1.05. The fourth-order valence-corrected chi connectivity index (χ4v) is 2.96. The predicted octanol–water partition coefficient (Wildman–Crippen LogP) is 3.01. The molecule has 1 amide bonds. The van der Waals surface area contributed by atoms with E-state index in [9.17, 15) is 9.59 Å². The Morgan fingerprint density at radius 1 is 1.30 bits per heavy atom. The molecule has 20 heavy (non-hydrogen) atoms. The van der Waals surface area contributed by atoms with Gasteiger partial charge in [-0.2, -0.15) is 0 Å². The van der Waals surface area contributed by atoms with Gasteiger partial charge in [0.1, 0.15) is 5.78 Å². The molecule has 1 aliphatic carbocycles. The van der Waals surface area contributed by atoms with E-state index in [1.165, 1.54) is 0 Å². The number of para-hydroxylation sites is 1. The highest BCUT2D eigenvalue weighted by Gasteiger charge is 2.29. The number of aromatic nitrogens is 1. The van der Waals surface area contributed by atoms with E-state index < -0.39 is 0 Å². The van der Waals surface area contributed by atoms with Gasteiger partial charge < -0.3 is 4.90 Å². The first kappa shape index (κ1) is 12.9. The number of carbonyl (C=O) groups excluding carboxylic acids is 2. The van der Waals surface area contributed by atoms with E-state index in [1.54, 1.807) is 23.6 Å². The Hall–Kier alpha value is -2.10. The van der Waals surface area contributed by atoms with Crippen LogP contribution < -0.4 is 0 Å². The average molecular weight is 270 g/mol. The third-order valence-electron chi connectivity index (χ3n) is 3.98. The van der Waals surface area contributed by atoms with Crippen molar-refractivity contribution in [1.29, 1.82) is 0 Å². The summed E-state index contributed by atoms with van der Waals surface area (Å²) in [4.78, 5) is 25.6. The van der Waals surface area contributed by atoms with Gasteiger partial charge in [-0.3, -0.25) is 9.36 Å². The van der Waals surface area contributed by atoms with E-state index in [1.807, 2.05) is 24.3 Å². The van der Waals surface area contributed by atoms with E-state index in [0.29, 0.717) is 18.6 Å². The molecule has 0 bridgehead atoms. The first-order chi connectivity index (χ1) is 9.58. The zero-order valence-electron chi connectivity index (χ0n) is 11.8. The molecule has 1 aromatic heterocycles. The summed E-state index contributed by atoms with van der Waals surface area (Å²) in [6, 6.07) is 9.87. The van der Waals surface area contributed by atoms with Gasteiger partial charge in [-0.1, -0.05) is 18.2 Å². The molecule has 1 aromatic carbocycles. The first-order valence-corrected chi connectivity index (χ1v) is 6.91. The van der Waals surface area contributed by atoms with E-state index in [-0.39, 0.29) is 11.9 Å². The number of fused-ring (bicyclic) bond motifs is 1. The van der Waals surface area contributed by atoms with Gasteiger partial charge in [0.25, 0.3) is 0 Å². The summed E-state index contributed by atoms with van der Waals surface area (Å²) in [5.41, 5.74) is 1.89. The molecule has 0 spiro atoms. The number of hydrogen-bond acceptors (Lipinski definition) is 2. The summed E-state index contributed by atoms with van der Waals surface area (Å²) in [5.74, 6) is 0.461. The minimum Gasteiger partial charge on any atom is -0.330 e. The van der Waals surface area contributed by atoms with Gasteiger partial charge in [0, 0.05) is 43.9 Å². The fourth-order valence-electron chi connectivity index (χ4n) is 2.96. The normalized spacial score (nSPS) is 18.7. The lowest BCUT2D eigenvalue weighted by molar-refractivity contribution is -0.117. The standard InChI is InChI=1S/C16H18N2O2/c1-17(2)16(20)18-14-6-4-3-5-11(14)10-15(18)12-7-8-13(19)9-12/h3-6,10,12H,7-9H2,1-2H3/t12-/m1/s1. The Morgan fingerprint density at radius 2 is 2.05 bits per heavy atom. The Kier molecular flexibility index (Phi) is 3.08. The Bertz CT molecular complexity index is 685. The van der Waals surface area contributed by atoms with Gasteiger partial charge >= 0.3 is 6.03 Å². The molecular weight excluding hydrogens is 252 g/mol. The second kappa shape index (κ2) is 4.78. The highest BCUT2D eigenvalue weighted by molar-refractivity contribution is 5.93. The summed E-state index contributed by atoms with van der Waals surface area (Å²) >= 11 is 0. The van der Waals surface area contributed by atoms with Crippen LogP contribution in [0.5, 0.6) is 0 Å². The number of rotatable bonds is 1. The van der Waals surface area contributed by atoms with Gasteiger partial charge in [-0.15, -0.1) is 0 Å². The molecular formula is C16H18N2O2. The predicted molar refractivity (Wildman–Crippen MR) is 78.0 cm³/mol. The van der Waals surface area contributed by atoms with Crippen LogP contribution in [0.15, 0.2) is 30.3 Å². The molecule has 4 nitrogen and oxygen atoms in total. The molecule has 1 heterocycles. The minimum absolute atomic E-state index is 0.0550. The summed E-state index contributed by atoms with van der Waals surface area (Å²) in [7, 11) is 3.50. The van der Waals surface area contributed by atoms with Crippen LogP contribution in [0.25, 0.3) is 10.9 Å². The maximum Gasteiger partial charge on any atom is 0.328 e. The molecule has 3 rings (SSSR count). The van der Waals surface area contributed by atoms with Crippen LogP contribution in [0.1, 0.15) is 30.9 Å². The van der Waals surface area contributed by atoms with Crippen LogP contribution in [0.2, 0.25) is 0 Å². The van der Waals surface area contributed by atoms with Crippen LogP contribution in [0, 0.1) is 0 Å². The summed E-state index contributed by atoms with van der Waals surface area (Å²) < 4.78 is 1.76. The van der Waals surface area contributed by atoms with Gasteiger partial charge in [0.15, 0.2) is 0 Å². The molecule has 1 aliphatic rings. The van der Waals surface area contributed by atoms with Crippen LogP contribution in [-0.2, 0) is 4.79 Å².